The van der Waals surface area contributed by atoms with Gasteiger partial charge in [-0.2, -0.15) is 0 Å². The van der Waals surface area contributed by atoms with E-state index >= 15 is 0 Å². The summed E-state index contributed by atoms with van der Waals surface area (Å²) in [6, 6.07) is 10.4. The number of rotatable bonds is 4. The molecule has 5 heteroatoms. The Kier molecular flexibility index (Phi) is 3.78. The van der Waals surface area contributed by atoms with Crippen LogP contribution in [0.1, 0.15) is 32.0 Å². The second kappa shape index (κ2) is 5.58. The van der Waals surface area contributed by atoms with Crippen LogP contribution in [0.4, 0.5) is 0 Å². The SMILES string of the molecule is CC(c1cn(-c2ccccc2)nn1)N1CCC(C)(CN)C1. The van der Waals surface area contributed by atoms with Gasteiger partial charge < -0.3 is 5.73 Å². The lowest BCUT2D eigenvalue weighted by molar-refractivity contribution is 0.224. The summed E-state index contributed by atoms with van der Waals surface area (Å²) in [5, 5.41) is 8.60. The molecular formula is C16H23N5. The molecule has 2 atom stereocenters. The van der Waals surface area contributed by atoms with Crippen LogP contribution >= 0.6 is 0 Å². The first-order chi connectivity index (χ1) is 10.1. The topological polar surface area (TPSA) is 60.0 Å². The van der Waals surface area contributed by atoms with Crippen LogP contribution in [0.2, 0.25) is 0 Å². The molecule has 2 N–H and O–H groups in total. The van der Waals surface area contributed by atoms with Gasteiger partial charge in [-0.3, -0.25) is 4.90 Å². The second-order valence-electron chi connectivity index (χ2n) is 6.33. The van der Waals surface area contributed by atoms with Crippen LogP contribution in [0.15, 0.2) is 36.5 Å². The first-order valence-electron chi connectivity index (χ1n) is 7.53. The van der Waals surface area contributed by atoms with Crippen molar-refractivity contribution in [2.45, 2.75) is 26.3 Å². The van der Waals surface area contributed by atoms with Gasteiger partial charge in [0.1, 0.15) is 0 Å². The molecule has 2 unspecified atom stereocenters. The number of hydrogen-bond donors (Lipinski definition) is 1. The molecule has 21 heavy (non-hydrogen) atoms. The molecule has 1 aliphatic heterocycles. The Balaban J connectivity index is 1.75. The summed E-state index contributed by atoms with van der Waals surface area (Å²) >= 11 is 0. The van der Waals surface area contributed by atoms with Gasteiger partial charge >= 0.3 is 0 Å². The van der Waals surface area contributed by atoms with E-state index in [0.717, 1.165) is 37.4 Å². The van der Waals surface area contributed by atoms with E-state index in [1.807, 2.05) is 41.2 Å². The molecule has 0 saturated carbocycles. The third-order valence-corrected chi connectivity index (χ3v) is 4.59. The minimum absolute atomic E-state index is 0.240. The summed E-state index contributed by atoms with van der Waals surface area (Å²) < 4.78 is 1.84. The van der Waals surface area contributed by atoms with Crippen LogP contribution in [-0.4, -0.2) is 39.5 Å². The number of para-hydroxylation sites is 1. The molecule has 1 aromatic carbocycles. The van der Waals surface area contributed by atoms with Crippen molar-refractivity contribution in [2.75, 3.05) is 19.6 Å². The molecule has 0 amide bonds. The molecule has 5 nitrogen and oxygen atoms in total. The highest BCUT2D eigenvalue weighted by atomic mass is 15.4. The van der Waals surface area contributed by atoms with Crippen LogP contribution < -0.4 is 5.73 Å². The maximum Gasteiger partial charge on any atom is 0.1000 e. The number of hydrogen-bond acceptors (Lipinski definition) is 4. The predicted molar refractivity (Wildman–Crippen MR) is 83.1 cm³/mol. The molecule has 0 bridgehead atoms. The van der Waals surface area contributed by atoms with Gasteiger partial charge in [-0.15, -0.1) is 5.10 Å². The Morgan fingerprint density at radius 1 is 1.33 bits per heavy atom. The van der Waals surface area contributed by atoms with Crippen molar-refractivity contribution in [2.24, 2.45) is 11.1 Å². The number of nitrogens with zero attached hydrogens (tertiary/aromatic N) is 4. The van der Waals surface area contributed by atoms with Crippen molar-refractivity contribution in [1.82, 2.24) is 19.9 Å². The van der Waals surface area contributed by atoms with Gasteiger partial charge in [0.2, 0.25) is 0 Å². The quantitative estimate of drug-likeness (QED) is 0.933. The lowest BCUT2D eigenvalue weighted by Gasteiger charge is -2.26. The third-order valence-electron chi connectivity index (χ3n) is 4.59. The van der Waals surface area contributed by atoms with Crippen molar-refractivity contribution >= 4 is 0 Å². The van der Waals surface area contributed by atoms with Crippen molar-refractivity contribution < 1.29 is 0 Å². The number of aromatic nitrogens is 3. The Labute approximate surface area is 125 Å². The molecular weight excluding hydrogens is 262 g/mol. The summed E-state index contributed by atoms with van der Waals surface area (Å²) in [4.78, 5) is 2.45. The Morgan fingerprint density at radius 2 is 2.10 bits per heavy atom. The van der Waals surface area contributed by atoms with Crippen molar-refractivity contribution in [3.8, 4) is 5.69 Å². The van der Waals surface area contributed by atoms with Gasteiger partial charge in [0, 0.05) is 6.54 Å². The first-order valence-corrected chi connectivity index (χ1v) is 7.53. The number of nitrogens with two attached hydrogens (primary N) is 1. The molecule has 2 heterocycles. The van der Waals surface area contributed by atoms with E-state index in [4.69, 9.17) is 5.73 Å². The number of likely N-dealkylation sites (tertiary alicyclic amines) is 1. The fourth-order valence-corrected chi connectivity index (χ4v) is 2.92. The van der Waals surface area contributed by atoms with Gasteiger partial charge in [-0.05, 0) is 44.0 Å². The molecule has 1 aliphatic rings. The molecule has 112 valence electrons. The fourth-order valence-electron chi connectivity index (χ4n) is 2.92. The molecule has 0 spiro atoms. The van der Waals surface area contributed by atoms with E-state index in [0.29, 0.717) is 0 Å². The molecule has 1 aromatic heterocycles. The standard InChI is InChI=1S/C16H23N5/c1-13(20-9-8-16(2,11-17)12-20)15-10-21(19-18-15)14-6-4-3-5-7-14/h3-7,10,13H,8-9,11-12,17H2,1-2H3. The lowest BCUT2D eigenvalue weighted by Crippen LogP contribution is -2.32. The maximum atomic E-state index is 5.89. The van der Waals surface area contributed by atoms with E-state index in [1.54, 1.807) is 0 Å². The first kappa shape index (κ1) is 14.2. The lowest BCUT2D eigenvalue weighted by atomic mass is 9.90. The summed E-state index contributed by atoms with van der Waals surface area (Å²) in [6.07, 6.45) is 3.18. The third kappa shape index (κ3) is 2.84. The summed E-state index contributed by atoms with van der Waals surface area (Å²) in [6.45, 7) is 7.31. The molecule has 1 saturated heterocycles. The molecule has 1 fully saturated rings. The van der Waals surface area contributed by atoms with Gasteiger partial charge in [0.25, 0.3) is 0 Å². The zero-order valence-corrected chi connectivity index (χ0v) is 12.7. The Bertz CT molecular complexity index is 594. The van der Waals surface area contributed by atoms with Crippen LogP contribution in [-0.2, 0) is 0 Å². The van der Waals surface area contributed by atoms with Gasteiger partial charge in [0.05, 0.1) is 23.6 Å². The summed E-state index contributed by atoms with van der Waals surface area (Å²) in [5.74, 6) is 0. The average Bonchev–Trinajstić information content (AvgIpc) is 3.15. The van der Waals surface area contributed by atoms with Crippen LogP contribution in [0.5, 0.6) is 0 Å². The van der Waals surface area contributed by atoms with Crippen molar-refractivity contribution in [1.29, 1.82) is 0 Å². The van der Waals surface area contributed by atoms with E-state index in [9.17, 15) is 0 Å². The van der Waals surface area contributed by atoms with Crippen LogP contribution in [0, 0.1) is 5.41 Å². The highest BCUT2D eigenvalue weighted by Crippen LogP contribution is 2.33. The van der Waals surface area contributed by atoms with Gasteiger partial charge in [-0.25, -0.2) is 4.68 Å². The highest BCUT2D eigenvalue weighted by Gasteiger charge is 2.35. The minimum atomic E-state index is 0.240. The second-order valence-corrected chi connectivity index (χ2v) is 6.33. The monoisotopic (exact) mass is 285 g/mol. The van der Waals surface area contributed by atoms with E-state index in [1.165, 1.54) is 0 Å². The zero-order valence-electron chi connectivity index (χ0n) is 12.7. The predicted octanol–water partition coefficient (Wildman–Crippen LogP) is 2.00. The van der Waals surface area contributed by atoms with Gasteiger partial charge in [0.15, 0.2) is 0 Å². The Hall–Kier alpha value is -1.72. The molecule has 2 aromatic rings. The van der Waals surface area contributed by atoms with E-state index < -0.39 is 0 Å². The van der Waals surface area contributed by atoms with Crippen molar-refractivity contribution in [3.05, 3.63) is 42.2 Å². The van der Waals surface area contributed by atoms with Crippen LogP contribution in [0.25, 0.3) is 5.69 Å². The number of benzene rings is 1. The largest absolute Gasteiger partial charge is 0.330 e. The molecule has 3 rings (SSSR count). The normalized spacial score (nSPS) is 24.3. The molecule has 0 aliphatic carbocycles. The van der Waals surface area contributed by atoms with Crippen LogP contribution in [0.3, 0.4) is 0 Å². The smallest absolute Gasteiger partial charge is 0.1000 e. The Morgan fingerprint density at radius 3 is 2.76 bits per heavy atom. The summed E-state index contributed by atoms with van der Waals surface area (Å²) in [7, 11) is 0. The van der Waals surface area contributed by atoms with Gasteiger partial charge in [-0.1, -0.05) is 30.3 Å². The van der Waals surface area contributed by atoms with Crippen molar-refractivity contribution in [3.63, 3.8) is 0 Å². The maximum absolute atomic E-state index is 5.89. The zero-order chi connectivity index (χ0) is 14.9. The van der Waals surface area contributed by atoms with E-state index in [2.05, 4.69) is 29.1 Å². The van der Waals surface area contributed by atoms with E-state index in [-0.39, 0.29) is 11.5 Å². The fraction of sp³-hybridized carbons (Fsp3) is 0.500. The molecule has 0 radical (unpaired) electrons. The average molecular weight is 285 g/mol. The summed E-state index contributed by atoms with van der Waals surface area (Å²) in [5.41, 5.74) is 8.18. The minimum Gasteiger partial charge on any atom is -0.330 e. The highest BCUT2D eigenvalue weighted by molar-refractivity contribution is 5.30.